The molecule has 3 rings (SSSR count). The quantitative estimate of drug-likeness (QED) is 0.842. The lowest BCUT2D eigenvalue weighted by atomic mass is 9.98. The number of para-hydroxylation sites is 1. The summed E-state index contributed by atoms with van der Waals surface area (Å²) in [6.07, 6.45) is 4.39. The maximum atomic E-state index is 12.9. The highest BCUT2D eigenvalue weighted by atomic mass is 16.2. The third kappa shape index (κ3) is 3.26. The average Bonchev–Trinajstić information content (AvgIpc) is 2.72. The largest absolute Gasteiger partial charge is 0.341 e. The molecule has 124 valence electrons. The molecule has 0 radical (unpaired) electrons. The molecule has 1 saturated heterocycles. The molecule has 0 unspecified atom stereocenters. The number of nitrogens with zero attached hydrogens (tertiary/aromatic N) is 2. The molecule has 2 aliphatic rings. The number of carbonyl (C=O) groups excluding carboxylic acids is 2. The lowest BCUT2D eigenvalue weighted by Crippen LogP contribution is -2.51. The topological polar surface area (TPSA) is 40.6 Å². The van der Waals surface area contributed by atoms with Gasteiger partial charge in [-0.1, -0.05) is 25.1 Å². The van der Waals surface area contributed by atoms with Crippen LogP contribution >= 0.6 is 0 Å². The molecule has 0 saturated carbocycles. The van der Waals surface area contributed by atoms with E-state index in [0.29, 0.717) is 12.3 Å². The lowest BCUT2D eigenvalue weighted by molar-refractivity contribution is -0.135. The van der Waals surface area contributed by atoms with Gasteiger partial charge in [0.1, 0.15) is 6.04 Å². The number of benzene rings is 1. The van der Waals surface area contributed by atoms with Crippen LogP contribution in [0.3, 0.4) is 0 Å². The van der Waals surface area contributed by atoms with Crippen LogP contribution in [0.4, 0.5) is 5.69 Å². The number of anilines is 1. The van der Waals surface area contributed by atoms with Crippen molar-refractivity contribution in [3.05, 3.63) is 29.8 Å². The Balaban J connectivity index is 1.83. The third-order valence-corrected chi connectivity index (χ3v) is 5.20. The van der Waals surface area contributed by atoms with Crippen molar-refractivity contribution in [1.82, 2.24) is 4.90 Å². The molecule has 1 aromatic carbocycles. The van der Waals surface area contributed by atoms with Gasteiger partial charge >= 0.3 is 0 Å². The molecule has 2 aliphatic heterocycles. The Hall–Kier alpha value is -1.84. The van der Waals surface area contributed by atoms with Crippen LogP contribution in [0.1, 0.15) is 45.1 Å². The van der Waals surface area contributed by atoms with Crippen LogP contribution < -0.4 is 4.90 Å². The summed E-state index contributed by atoms with van der Waals surface area (Å²) in [7, 11) is 0. The van der Waals surface area contributed by atoms with Gasteiger partial charge in [-0.3, -0.25) is 14.5 Å². The molecule has 1 aromatic rings. The summed E-state index contributed by atoms with van der Waals surface area (Å²) in [6, 6.07) is 7.58. The van der Waals surface area contributed by atoms with Gasteiger partial charge in [0.2, 0.25) is 11.8 Å². The molecular formula is C19H26N2O2. The summed E-state index contributed by atoms with van der Waals surface area (Å²) in [6.45, 7) is 5.74. The monoisotopic (exact) mass is 314 g/mol. The summed E-state index contributed by atoms with van der Waals surface area (Å²) in [4.78, 5) is 29.2. The second kappa shape index (κ2) is 6.73. The minimum Gasteiger partial charge on any atom is -0.341 e. The van der Waals surface area contributed by atoms with Gasteiger partial charge in [-0.2, -0.15) is 0 Å². The second-order valence-corrected chi connectivity index (χ2v) is 6.93. The fourth-order valence-corrected chi connectivity index (χ4v) is 3.67. The van der Waals surface area contributed by atoms with E-state index in [0.717, 1.165) is 44.5 Å². The fraction of sp³-hybridized carbons (Fsp3) is 0.579. The van der Waals surface area contributed by atoms with Crippen LogP contribution in [0.5, 0.6) is 0 Å². The van der Waals surface area contributed by atoms with Gasteiger partial charge in [-0.25, -0.2) is 0 Å². The zero-order valence-corrected chi connectivity index (χ0v) is 14.1. The summed E-state index contributed by atoms with van der Waals surface area (Å²) in [5.74, 6) is 0.845. The van der Waals surface area contributed by atoms with E-state index in [1.54, 1.807) is 4.90 Å². The number of rotatable bonds is 2. The van der Waals surface area contributed by atoms with E-state index in [1.807, 2.05) is 30.0 Å². The lowest BCUT2D eigenvalue weighted by Gasteiger charge is -2.36. The van der Waals surface area contributed by atoms with Crippen LogP contribution in [0.15, 0.2) is 24.3 Å². The molecule has 4 heteroatoms. The Morgan fingerprint density at radius 2 is 1.87 bits per heavy atom. The van der Waals surface area contributed by atoms with Crippen LogP contribution in [-0.4, -0.2) is 35.8 Å². The first-order valence-corrected chi connectivity index (χ1v) is 8.76. The van der Waals surface area contributed by atoms with Crippen LogP contribution in [0, 0.1) is 5.92 Å². The van der Waals surface area contributed by atoms with Crippen molar-refractivity contribution in [3.8, 4) is 0 Å². The fourth-order valence-electron chi connectivity index (χ4n) is 3.67. The van der Waals surface area contributed by atoms with Crippen LogP contribution in [-0.2, 0) is 16.0 Å². The number of likely N-dealkylation sites (tertiary alicyclic amines) is 1. The highest BCUT2D eigenvalue weighted by Crippen LogP contribution is 2.29. The van der Waals surface area contributed by atoms with Gasteiger partial charge in [0.15, 0.2) is 0 Å². The van der Waals surface area contributed by atoms with E-state index in [9.17, 15) is 9.59 Å². The maximum absolute atomic E-state index is 12.9. The molecule has 1 fully saturated rings. The molecular weight excluding hydrogens is 288 g/mol. The second-order valence-electron chi connectivity index (χ2n) is 6.93. The number of piperidine rings is 1. The predicted molar refractivity (Wildman–Crippen MR) is 91.3 cm³/mol. The zero-order chi connectivity index (χ0) is 16.4. The molecule has 23 heavy (non-hydrogen) atoms. The van der Waals surface area contributed by atoms with Gasteiger partial charge < -0.3 is 4.90 Å². The standard InChI is InChI=1S/C19H26N2O2/c1-14-10-12-20(13-11-14)19(23)15(2)21-17-8-4-3-6-16(17)7-5-9-18(21)22/h3-4,6,8,14-15H,5,7,9-13H2,1-2H3/t15-/m1/s1. The van der Waals surface area contributed by atoms with Crippen LogP contribution in [0.25, 0.3) is 0 Å². The van der Waals surface area contributed by atoms with Gasteiger partial charge in [0, 0.05) is 25.2 Å². The summed E-state index contributed by atoms with van der Waals surface area (Å²) in [5.41, 5.74) is 2.09. The van der Waals surface area contributed by atoms with Gasteiger partial charge in [-0.05, 0) is 50.2 Å². The first-order chi connectivity index (χ1) is 11.1. The molecule has 1 atom stereocenters. The molecule has 0 aromatic heterocycles. The maximum Gasteiger partial charge on any atom is 0.245 e. The molecule has 2 heterocycles. The van der Waals surface area contributed by atoms with Crippen molar-refractivity contribution in [3.63, 3.8) is 0 Å². The SMILES string of the molecule is CC1CCN(C(=O)[C@@H](C)N2C(=O)CCCc3ccccc32)CC1. The van der Waals surface area contributed by atoms with E-state index >= 15 is 0 Å². The van der Waals surface area contributed by atoms with Gasteiger partial charge in [0.25, 0.3) is 0 Å². The Labute approximate surface area is 138 Å². The summed E-state index contributed by atoms with van der Waals surface area (Å²) < 4.78 is 0. The normalized spacial score (nSPS) is 20.9. The Morgan fingerprint density at radius 3 is 2.61 bits per heavy atom. The Morgan fingerprint density at radius 1 is 1.17 bits per heavy atom. The van der Waals surface area contributed by atoms with E-state index < -0.39 is 6.04 Å². The number of amides is 2. The molecule has 0 aliphatic carbocycles. The highest BCUT2D eigenvalue weighted by molar-refractivity contribution is 6.01. The van der Waals surface area contributed by atoms with Crippen molar-refractivity contribution >= 4 is 17.5 Å². The van der Waals surface area contributed by atoms with Gasteiger partial charge in [-0.15, -0.1) is 0 Å². The number of fused-ring (bicyclic) bond motifs is 1. The predicted octanol–water partition coefficient (Wildman–Crippen LogP) is 3.00. The Kier molecular flexibility index (Phi) is 4.69. The summed E-state index contributed by atoms with van der Waals surface area (Å²) in [5, 5.41) is 0. The van der Waals surface area contributed by atoms with Crippen molar-refractivity contribution < 1.29 is 9.59 Å². The van der Waals surface area contributed by atoms with Crippen molar-refractivity contribution in [2.45, 2.75) is 52.0 Å². The van der Waals surface area contributed by atoms with E-state index in [-0.39, 0.29) is 11.8 Å². The smallest absolute Gasteiger partial charge is 0.245 e. The van der Waals surface area contributed by atoms with E-state index in [4.69, 9.17) is 0 Å². The number of aryl methyl sites for hydroxylation is 1. The minimum atomic E-state index is -0.421. The number of hydrogen-bond donors (Lipinski definition) is 0. The first-order valence-electron chi connectivity index (χ1n) is 8.76. The van der Waals surface area contributed by atoms with Crippen molar-refractivity contribution in [2.75, 3.05) is 18.0 Å². The van der Waals surface area contributed by atoms with Crippen molar-refractivity contribution in [1.29, 1.82) is 0 Å². The molecule has 2 amide bonds. The highest BCUT2D eigenvalue weighted by Gasteiger charge is 2.33. The first kappa shape index (κ1) is 16.0. The minimum absolute atomic E-state index is 0.0705. The summed E-state index contributed by atoms with van der Waals surface area (Å²) >= 11 is 0. The molecule has 4 nitrogen and oxygen atoms in total. The number of hydrogen-bond acceptors (Lipinski definition) is 2. The molecule has 0 bridgehead atoms. The zero-order valence-electron chi connectivity index (χ0n) is 14.1. The van der Waals surface area contributed by atoms with Crippen molar-refractivity contribution in [2.24, 2.45) is 5.92 Å². The average molecular weight is 314 g/mol. The Bertz CT molecular complexity index is 591. The molecule has 0 N–H and O–H groups in total. The van der Waals surface area contributed by atoms with E-state index in [2.05, 4.69) is 13.0 Å². The number of carbonyl (C=O) groups is 2. The van der Waals surface area contributed by atoms with E-state index in [1.165, 1.54) is 5.56 Å². The van der Waals surface area contributed by atoms with Crippen LogP contribution in [0.2, 0.25) is 0 Å². The van der Waals surface area contributed by atoms with Gasteiger partial charge in [0.05, 0.1) is 0 Å². The molecule has 0 spiro atoms. The third-order valence-electron chi connectivity index (χ3n) is 5.20.